The highest BCUT2D eigenvalue weighted by molar-refractivity contribution is 6.30. The van der Waals surface area contributed by atoms with Gasteiger partial charge in [0.1, 0.15) is 6.07 Å². The molecule has 2 rings (SSSR count). The lowest BCUT2D eigenvalue weighted by Crippen LogP contribution is -2.27. The molecular weight excluding hydrogens is 220 g/mol. The van der Waals surface area contributed by atoms with Gasteiger partial charge in [-0.1, -0.05) is 18.5 Å². The van der Waals surface area contributed by atoms with Crippen molar-refractivity contribution in [2.24, 2.45) is 0 Å². The molecule has 1 saturated carbocycles. The molecule has 1 aliphatic carbocycles. The van der Waals surface area contributed by atoms with Crippen molar-refractivity contribution < 1.29 is 0 Å². The van der Waals surface area contributed by atoms with Gasteiger partial charge in [-0.05, 0) is 37.5 Å². The van der Waals surface area contributed by atoms with E-state index in [4.69, 9.17) is 16.9 Å². The van der Waals surface area contributed by atoms with Gasteiger partial charge in [0.2, 0.25) is 0 Å². The summed E-state index contributed by atoms with van der Waals surface area (Å²) in [4.78, 5) is 2.34. The smallest absolute Gasteiger partial charge is 0.101 e. The van der Waals surface area contributed by atoms with Crippen LogP contribution in [0.3, 0.4) is 0 Å². The summed E-state index contributed by atoms with van der Waals surface area (Å²) in [5.74, 6) is 0. The number of nitrogens with zero attached hydrogens (tertiary/aromatic N) is 2. The number of halogens is 1. The van der Waals surface area contributed by atoms with Crippen LogP contribution in [0.25, 0.3) is 0 Å². The Morgan fingerprint density at radius 1 is 1.50 bits per heavy atom. The van der Waals surface area contributed by atoms with Crippen LogP contribution in [0.5, 0.6) is 0 Å². The van der Waals surface area contributed by atoms with E-state index in [1.807, 2.05) is 12.1 Å². The number of anilines is 1. The zero-order valence-electron chi connectivity index (χ0n) is 9.41. The van der Waals surface area contributed by atoms with Gasteiger partial charge in [-0.15, -0.1) is 0 Å². The number of nitriles is 1. The molecule has 0 spiro atoms. The third kappa shape index (κ3) is 2.31. The third-order valence-corrected chi connectivity index (χ3v) is 3.08. The summed E-state index contributed by atoms with van der Waals surface area (Å²) in [5.41, 5.74) is 1.73. The topological polar surface area (TPSA) is 27.0 Å². The minimum atomic E-state index is 0.632. The fourth-order valence-corrected chi connectivity index (χ4v) is 2.15. The second-order valence-corrected chi connectivity index (χ2v) is 4.63. The molecule has 0 saturated heterocycles. The van der Waals surface area contributed by atoms with Crippen LogP contribution in [-0.4, -0.2) is 12.6 Å². The van der Waals surface area contributed by atoms with Gasteiger partial charge < -0.3 is 4.90 Å². The van der Waals surface area contributed by atoms with Gasteiger partial charge in [-0.25, -0.2) is 0 Å². The van der Waals surface area contributed by atoms with Crippen molar-refractivity contribution >= 4 is 17.3 Å². The molecule has 16 heavy (non-hydrogen) atoms. The molecule has 1 aliphatic rings. The second kappa shape index (κ2) is 4.76. The van der Waals surface area contributed by atoms with Crippen LogP contribution in [0.1, 0.15) is 31.7 Å². The van der Waals surface area contributed by atoms with Gasteiger partial charge in [0.25, 0.3) is 0 Å². The first-order valence-corrected chi connectivity index (χ1v) is 6.10. The minimum Gasteiger partial charge on any atom is -0.367 e. The lowest BCUT2D eigenvalue weighted by molar-refractivity contribution is 0.762. The zero-order valence-corrected chi connectivity index (χ0v) is 10.2. The fraction of sp³-hybridized carbons (Fsp3) is 0.462. The summed E-state index contributed by atoms with van der Waals surface area (Å²) in [6.45, 7) is 3.18. The van der Waals surface area contributed by atoms with Gasteiger partial charge in [-0.3, -0.25) is 0 Å². The Balaban J connectivity index is 2.33. The van der Waals surface area contributed by atoms with Crippen molar-refractivity contribution in [3.05, 3.63) is 28.8 Å². The van der Waals surface area contributed by atoms with Crippen molar-refractivity contribution in [1.29, 1.82) is 5.26 Å². The van der Waals surface area contributed by atoms with Crippen LogP contribution in [0.2, 0.25) is 5.02 Å². The highest BCUT2D eigenvalue weighted by Gasteiger charge is 2.29. The molecule has 1 aromatic rings. The molecule has 2 nitrogen and oxygen atoms in total. The molecule has 1 aromatic carbocycles. The second-order valence-electron chi connectivity index (χ2n) is 4.20. The van der Waals surface area contributed by atoms with Gasteiger partial charge >= 0.3 is 0 Å². The monoisotopic (exact) mass is 234 g/mol. The van der Waals surface area contributed by atoms with Crippen LogP contribution in [-0.2, 0) is 0 Å². The summed E-state index contributed by atoms with van der Waals surface area (Å²) >= 11 is 5.90. The molecule has 0 radical (unpaired) electrons. The molecule has 0 atom stereocenters. The first-order valence-electron chi connectivity index (χ1n) is 5.72. The zero-order chi connectivity index (χ0) is 11.5. The Labute approximate surface area is 101 Å². The average Bonchev–Trinajstić information content (AvgIpc) is 3.10. The summed E-state index contributed by atoms with van der Waals surface area (Å²) < 4.78 is 0. The van der Waals surface area contributed by atoms with Crippen molar-refractivity contribution in [2.75, 3.05) is 11.4 Å². The van der Waals surface area contributed by atoms with Crippen LogP contribution in [0.4, 0.5) is 5.69 Å². The molecule has 0 bridgehead atoms. The summed E-state index contributed by atoms with van der Waals surface area (Å²) in [5, 5.41) is 9.76. The Bertz CT molecular complexity index is 418. The number of hydrogen-bond acceptors (Lipinski definition) is 2. The summed E-state index contributed by atoms with van der Waals surface area (Å²) in [6.07, 6.45) is 3.59. The largest absolute Gasteiger partial charge is 0.367 e. The van der Waals surface area contributed by atoms with Crippen LogP contribution in [0, 0.1) is 11.3 Å². The third-order valence-electron chi connectivity index (χ3n) is 2.84. The first kappa shape index (κ1) is 11.3. The van der Waals surface area contributed by atoms with Crippen LogP contribution in [0.15, 0.2) is 18.2 Å². The molecule has 0 N–H and O–H groups in total. The van der Waals surface area contributed by atoms with Crippen LogP contribution >= 0.6 is 11.6 Å². The Morgan fingerprint density at radius 3 is 2.81 bits per heavy atom. The van der Waals surface area contributed by atoms with E-state index in [1.54, 1.807) is 6.07 Å². The maximum atomic E-state index is 9.13. The average molecular weight is 235 g/mol. The Morgan fingerprint density at radius 2 is 2.25 bits per heavy atom. The number of hydrogen-bond donors (Lipinski definition) is 0. The molecule has 0 aliphatic heterocycles. The highest BCUT2D eigenvalue weighted by atomic mass is 35.5. The van der Waals surface area contributed by atoms with Crippen LogP contribution < -0.4 is 4.90 Å². The standard InChI is InChI=1S/C13H15ClN2/c1-2-7-16(12-4-5-12)13-6-3-11(14)8-10(13)9-15/h3,6,8,12H,2,4-5,7H2,1H3. The van der Waals surface area contributed by atoms with E-state index in [9.17, 15) is 0 Å². The van der Waals surface area contributed by atoms with E-state index in [0.29, 0.717) is 16.6 Å². The Hall–Kier alpha value is -1.20. The molecular formula is C13H15ClN2. The van der Waals surface area contributed by atoms with Crippen molar-refractivity contribution in [3.8, 4) is 6.07 Å². The van der Waals surface area contributed by atoms with E-state index in [-0.39, 0.29) is 0 Å². The lowest BCUT2D eigenvalue weighted by atomic mass is 10.1. The maximum Gasteiger partial charge on any atom is 0.101 e. The number of benzene rings is 1. The normalized spacial score (nSPS) is 14.6. The molecule has 84 valence electrons. The van der Waals surface area contributed by atoms with Crippen molar-refractivity contribution in [3.63, 3.8) is 0 Å². The SMILES string of the molecule is CCCN(c1ccc(Cl)cc1C#N)C1CC1. The number of rotatable bonds is 4. The maximum absolute atomic E-state index is 9.13. The summed E-state index contributed by atoms with van der Waals surface area (Å²) in [7, 11) is 0. The van der Waals surface area contributed by atoms with E-state index < -0.39 is 0 Å². The van der Waals surface area contributed by atoms with Crippen molar-refractivity contribution in [1.82, 2.24) is 0 Å². The Kier molecular flexibility index (Phi) is 3.36. The van der Waals surface area contributed by atoms with Gasteiger partial charge in [0, 0.05) is 17.6 Å². The highest BCUT2D eigenvalue weighted by Crippen LogP contribution is 2.34. The quantitative estimate of drug-likeness (QED) is 0.796. The van der Waals surface area contributed by atoms with E-state index in [2.05, 4.69) is 17.9 Å². The van der Waals surface area contributed by atoms with Gasteiger partial charge in [0.15, 0.2) is 0 Å². The molecule has 0 aromatic heterocycles. The minimum absolute atomic E-state index is 0.632. The van der Waals surface area contributed by atoms with Gasteiger partial charge in [0.05, 0.1) is 11.3 Å². The van der Waals surface area contributed by atoms with E-state index in [0.717, 1.165) is 18.7 Å². The molecule has 0 unspecified atom stereocenters. The molecule has 3 heteroatoms. The molecule has 0 amide bonds. The fourth-order valence-electron chi connectivity index (χ4n) is 1.98. The summed E-state index contributed by atoms with van der Waals surface area (Å²) in [6, 6.07) is 8.45. The predicted octanol–water partition coefficient (Wildman–Crippen LogP) is 3.59. The first-order chi connectivity index (χ1) is 7.76. The predicted molar refractivity (Wildman–Crippen MR) is 66.8 cm³/mol. The molecule has 1 fully saturated rings. The lowest BCUT2D eigenvalue weighted by Gasteiger charge is -2.25. The molecule has 0 heterocycles. The van der Waals surface area contributed by atoms with E-state index >= 15 is 0 Å². The van der Waals surface area contributed by atoms with Crippen molar-refractivity contribution in [2.45, 2.75) is 32.2 Å². The van der Waals surface area contributed by atoms with E-state index in [1.165, 1.54) is 12.8 Å². The van der Waals surface area contributed by atoms with Gasteiger partial charge in [-0.2, -0.15) is 5.26 Å².